The van der Waals surface area contributed by atoms with Gasteiger partial charge in [0.1, 0.15) is 11.5 Å². The molecule has 0 aromatic carbocycles. The Labute approximate surface area is 129 Å². The third kappa shape index (κ3) is 2.43. The lowest BCUT2D eigenvalue weighted by Crippen LogP contribution is -2.40. The zero-order chi connectivity index (χ0) is 15.9. The molecule has 0 spiro atoms. The van der Waals surface area contributed by atoms with Crippen molar-refractivity contribution in [3.63, 3.8) is 0 Å². The number of rotatable bonds is 3. The molecule has 1 amide bonds. The summed E-state index contributed by atoms with van der Waals surface area (Å²) in [5.41, 5.74) is 2.88. The van der Waals surface area contributed by atoms with Gasteiger partial charge in [0, 0.05) is 32.2 Å². The minimum Gasteiger partial charge on any atom is -0.466 e. The molecule has 6 heteroatoms. The molecular weight excluding hydrogens is 282 g/mol. The van der Waals surface area contributed by atoms with Crippen molar-refractivity contribution in [3.8, 4) is 0 Å². The number of aryl methyl sites for hydroxylation is 3. The number of furan rings is 1. The maximum Gasteiger partial charge on any atom is 0.257 e. The molecule has 0 N–H and O–H groups in total. The SMILES string of the molecule is COC[C@@H]1CN(C(=O)c2cc(C)oc2C)Cc2c1cnn2C. The Morgan fingerprint density at radius 2 is 2.27 bits per heavy atom. The zero-order valence-corrected chi connectivity index (χ0v) is 13.4. The van der Waals surface area contributed by atoms with Crippen molar-refractivity contribution in [3.05, 3.63) is 40.6 Å². The van der Waals surface area contributed by atoms with Crippen LogP contribution in [0.1, 0.15) is 39.1 Å². The largest absolute Gasteiger partial charge is 0.466 e. The van der Waals surface area contributed by atoms with Gasteiger partial charge >= 0.3 is 0 Å². The van der Waals surface area contributed by atoms with Gasteiger partial charge < -0.3 is 14.1 Å². The van der Waals surface area contributed by atoms with Crippen LogP contribution in [-0.4, -0.2) is 40.8 Å². The van der Waals surface area contributed by atoms with E-state index in [9.17, 15) is 4.79 Å². The molecule has 3 heterocycles. The number of carbonyl (C=O) groups excluding carboxylic acids is 1. The number of ether oxygens (including phenoxy) is 1. The van der Waals surface area contributed by atoms with Crippen LogP contribution in [0.4, 0.5) is 0 Å². The van der Waals surface area contributed by atoms with Crippen LogP contribution >= 0.6 is 0 Å². The summed E-state index contributed by atoms with van der Waals surface area (Å²) >= 11 is 0. The van der Waals surface area contributed by atoms with E-state index in [1.807, 2.05) is 42.7 Å². The summed E-state index contributed by atoms with van der Waals surface area (Å²) in [5.74, 6) is 1.58. The molecule has 1 atom stereocenters. The summed E-state index contributed by atoms with van der Waals surface area (Å²) in [5, 5.41) is 4.32. The fraction of sp³-hybridized carbons (Fsp3) is 0.500. The van der Waals surface area contributed by atoms with Gasteiger partial charge in [-0.3, -0.25) is 9.48 Å². The molecule has 2 aromatic heterocycles. The molecule has 3 rings (SSSR count). The number of aromatic nitrogens is 2. The first-order valence-electron chi connectivity index (χ1n) is 7.37. The molecule has 0 aliphatic carbocycles. The topological polar surface area (TPSA) is 60.5 Å². The number of carbonyl (C=O) groups is 1. The molecule has 0 saturated heterocycles. The Morgan fingerprint density at radius 1 is 1.50 bits per heavy atom. The lowest BCUT2D eigenvalue weighted by Gasteiger charge is -2.32. The second kappa shape index (κ2) is 5.61. The highest BCUT2D eigenvalue weighted by Crippen LogP contribution is 2.29. The van der Waals surface area contributed by atoms with E-state index in [-0.39, 0.29) is 11.8 Å². The minimum atomic E-state index is 0.00213. The summed E-state index contributed by atoms with van der Waals surface area (Å²) in [6.07, 6.45) is 1.88. The van der Waals surface area contributed by atoms with E-state index < -0.39 is 0 Å². The van der Waals surface area contributed by atoms with Gasteiger partial charge in [-0.2, -0.15) is 5.10 Å². The quantitative estimate of drug-likeness (QED) is 0.870. The van der Waals surface area contributed by atoms with Crippen LogP contribution < -0.4 is 0 Å². The van der Waals surface area contributed by atoms with Crippen LogP contribution in [0, 0.1) is 13.8 Å². The molecule has 0 unspecified atom stereocenters. The molecule has 0 bridgehead atoms. The van der Waals surface area contributed by atoms with Gasteiger partial charge in [0.2, 0.25) is 0 Å². The maximum atomic E-state index is 12.8. The van der Waals surface area contributed by atoms with Crippen LogP contribution in [0.25, 0.3) is 0 Å². The molecule has 0 radical (unpaired) electrons. The van der Waals surface area contributed by atoms with E-state index in [2.05, 4.69) is 5.10 Å². The molecule has 1 aliphatic heterocycles. The summed E-state index contributed by atoms with van der Waals surface area (Å²) in [4.78, 5) is 14.7. The summed E-state index contributed by atoms with van der Waals surface area (Å²) < 4.78 is 12.6. The summed E-state index contributed by atoms with van der Waals surface area (Å²) in [6, 6.07) is 1.81. The molecule has 0 saturated carbocycles. The lowest BCUT2D eigenvalue weighted by atomic mass is 9.95. The van der Waals surface area contributed by atoms with Gasteiger partial charge in [-0.1, -0.05) is 0 Å². The molecular formula is C16H21N3O3. The Kier molecular flexibility index (Phi) is 3.78. The second-order valence-electron chi connectivity index (χ2n) is 5.84. The number of methoxy groups -OCH3 is 1. The molecule has 2 aromatic rings. The number of hydrogen-bond donors (Lipinski definition) is 0. The van der Waals surface area contributed by atoms with E-state index >= 15 is 0 Å². The van der Waals surface area contributed by atoms with E-state index in [1.165, 1.54) is 5.56 Å². The van der Waals surface area contributed by atoms with Crippen LogP contribution in [0.3, 0.4) is 0 Å². The highest BCUT2D eigenvalue weighted by molar-refractivity contribution is 5.95. The van der Waals surface area contributed by atoms with E-state index in [4.69, 9.17) is 9.15 Å². The van der Waals surface area contributed by atoms with Crippen molar-refractivity contribution in [2.75, 3.05) is 20.3 Å². The van der Waals surface area contributed by atoms with E-state index in [1.54, 1.807) is 7.11 Å². The smallest absolute Gasteiger partial charge is 0.257 e. The number of amides is 1. The van der Waals surface area contributed by atoms with Crippen molar-refractivity contribution in [2.45, 2.75) is 26.3 Å². The average Bonchev–Trinajstić information content (AvgIpc) is 3.01. The fourth-order valence-electron chi connectivity index (χ4n) is 3.14. The standard InChI is InChI=1S/C16H21N3O3/c1-10-5-13(11(2)22-10)16(20)19-7-12(9-21-4)14-6-17-18(3)15(14)8-19/h5-6,12H,7-9H2,1-4H3/t12-/m0/s1. The predicted octanol–water partition coefficient (Wildman–Crippen LogP) is 2.02. The molecule has 22 heavy (non-hydrogen) atoms. The van der Waals surface area contributed by atoms with Crippen molar-refractivity contribution in [2.24, 2.45) is 7.05 Å². The monoisotopic (exact) mass is 303 g/mol. The number of fused-ring (bicyclic) bond motifs is 1. The zero-order valence-electron chi connectivity index (χ0n) is 13.4. The lowest BCUT2D eigenvalue weighted by molar-refractivity contribution is 0.0673. The predicted molar refractivity (Wildman–Crippen MR) is 80.7 cm³/mol. The second-order valence-corrected chi connectivity index (χ2v) is 5.84. The van der Waals surface area contributed by atoms with Gasteiger partial charge in [-0.25, -0.2) is 0 Å². The van der Waals surface area contributed by atoms with Crippen LogP contribution in [0.5, 0.6) is 0 Å². The van der Waals surface area contributed by atoms with Crippen molar-refractivity contribution >= 4 is 5.91 Å². The van der Waals surface area contributed by atoms with E-state index in [0.29, 0.717) is 31.0 Å². The van der Waals surface area contributed by atoms with Gasteiger partial charge in [0.25, 0.3) is 5.91 Å². The number of hydrogen-bond acceptors (Lipinski definition) is 4. The van der Waals surface area contributed by atoms with Gasteiger partial charge in [0.05, 0.1) is 30.6 Å². The summed E-state index contributed by atoms with van der Waals surface area (Å²) in [7, 11) is 3.59. The van der Waals surface area contributed by atoms with Crippen molar-refractivity contribution < 1.29 is 13.9 Å². The third-order valence-corrected chi connectivity index (χ3v) is 4.24. The first kappa shape index (κ1) is 14.8. The van der Waals surface area contributed by atoms with E-state index in [0.717, 1.165) is 11.5 Å². The highest BCUT2D eigenvalue weighted by atomic mass is 16.5. The highest BCUT2D eigenvalue weighted by Gasteiger charge is 2.32. The maximum absolute atomic E-state index is 12.8. The first-order chi connectivity index (χ1) is 10.5. The number of nitrogens with zero attached hydrogens (tertiary/aromatic N) is 3. The third-order valence-electron chi connectivity index (χ3n) is 4.24. The van der Waals surface area contributed by atoms with Gasteiger partial charge in [-0.15, -0.1) is 0 Å². The molecule has 1 aliphatic rings. The van der Waals surface area contributed by atoms with Crippen LogP contribution in [-0.2, 0) is 18.3 Å². The van der Waals surface area contributed by atoms with Crippen molar-refractivity contribution in [1.82, 2.24) is 14.7 Å². The Hall–Kier alpha value is -2.08. The molecule has 6 nitrogen and oxygen atoms in total. The minimum absolute atomic E-state index is 0.00213. The Balaban J connectivity index is 1.91. The van der Waals surface area contributed by atoms with Gasteiger partial charge in [-0.05, 0) is 19.9 Å². The molecule has 118 valence electrons. The van der Waals surface area contributed by atoms with Crippen LogP contribution in [0.15, 0.2) is 16.7 Å². The van der Waals surface area contributed by atoms with Crippen molar-refractivity contribution in [1.29, 1.82) is 0 Å². The first-order valence-corrected chi connectivity index (χ1v) is 7.37. The normalized spacial score (nSPS) is 17.6. The fourth-order valence-corrected chi connectivity index (χ4v) is 3.14. The van der Waals surface area contributed by atoms with Crippen LogP contribution in [0.2, 0.25) is 0 Å². The summed E-state index contributed by atoms with van der Waals surface area (Å²) in [6.45, 7) is 5.45. The Morgan fingerprint density at radius 3 is 2.91 bits per heavy atom. The average molecular weight is 303 g/mol. The van der Waals surface area contributed by atoms with Gasteiger partial charge in [0.15, 0.2) is 0 Å². The Bertz CT molecular complexity index is 702. The molecule has 0 fully saturated rings.